The Morgan fingerprint density at radius 1 is 0.909 bits per heavy atom. The molecule has 0 aliphatic heterocycles. The van der Waals surface area contributed by atoms with E-state index in [4.69, 9.17) is 0 Å². The molecule has 11 heavy (non-hydrogen) atoms. The molecule has 0 atom stereocenters. The van der Waals surface area contributed by atoms with Crippen molar-refractivity contribution in [2.45, 2.75) is 6.42 Å². The van der Waals surface area contributed by atoms with Crippen LogP contribution >= 0.6 is 0 Å². The number of hydrogen-bond acceptors (Lipinski definition) is 1. The molecule has 0 amide bonds. The lowest BCUT2D eigenvalue weighted by molar-refractivity contribution is -0.112. The van der Waals surface area contributed by atoms with E-state index in [1.807, 2.05) is 0 Å². The highest BCUT2D eigenvalue weighted by atomic mass is 16.1. The number of carbonyl (C=O) groups is 1. The smallest absolute Gasteiger partial charge is 0.188 e. The highest BCUT2D eigenvalue weighted by molar-refractivity contribution is 6.13. The molecule has 1 nitrogen and oxygen atoms in total. The summed E-state index contributed by atoms with van der Waals surface area (Å²) in [6.07, 6.45) is 0.538. The summed E-state index contributed by atoms with van der Waals surface area (Å²) in [6, 6.07) is 0. The first-order chi connectivity index (χ1) is 5.04. The quantitative estimate of drug-likeness (QED) is 0.479. The monoisotopic (exact) mass is 146 g/mol. The zero-order valence-electron chi connectivity index (χ0n) is 6.44. The lowest BCUT2D eigenvalue weighted by Crippen LogP contribution is -2.14. The van der Waals surface area contributed by atoms with Crippen LogP contribution < -0.4 is 0 Å². The Hall–Kier alpha value is -1.37. The molecule has 0 bridgehead atoms. The Kier molecular flexibility index (Phi) is 1.65. The molecule has 1 saturated carbocycles. The van der Waals surface area contributed by atoms with E-state index >= 15 is 0 Å². The van der Waals surface area contributed by atoms with Crippen molar-refractivity contribution in [2.24, 2.45) is 0 Å². The summed E-state index contributed by atoms with van der Waals surface area (Å²) in [6.45, 7) is 14.7. The maximum absolute atomic E-state index is 11.2. The van der Waals surface area contributed by atoms with Gasteiger partial charge >= 0.3 is 0 Å². The molecular formula is C10H10O. The van der Waals surface area contributed by atoms with Gasteiger partial charge in [-0.2, -0.15) is 0 Å². The molecule has 0 spiro atoms. The van der Waals surface area contributed by atoms with E-state index in [1.54, 1.807) is 0 Å². The van der Waals surface area contributed by atoms with Gasteiger partial charge in [0.1, 0.15) is 0 Å². The summed E-state index contributed by atoms with van der Waals surface area (Å²) < 4.78 is 0. The van der Waals surface area contributed by atoms with Crippen molar-refractivity contribution < 1.29 is 4.79 Å². The average Bonchev–Trinajstić information content (AvgIpc) is 1.97. The number of rotatable bonds is 0. The van der Waals surface area contributed by atoms with Crippen LogP contribution in [0.3, 0.4) is 0 Å². The predicted molar refractivity (Wildman–Crippen MR) is 46.2 cm³/mol. The molecule has 0 unspecified atom stereocenters. The van der Waals surface area contributed by atoms with Crippen LogP contribution in [0.4, 0.5) is 0 Å². The number of hydrogen-bond donors (Lipinski definition) is 0. The Labute approximate surface area is 66.4 Å². The van der Waals surface area contributed by atoms with Gasteiger partial charge in [0.15, 0.2) is 5.78 Å². The molecule has 1 aliphatic rings. The van der Waals surface area contributed by atoms with Gasteiger partial charge in [0.25, 0.3) is 0 Å². The number of allylic oxidation sites excluding steroid dienone is 4. The van der Waals surface area contributed by atoms with Crippen LogP contribution in [-0.2, 0) is 4.79 Å². The molecule has 0 heterocycles. The standard InChI is InChI=1S/C10H10O/c1-6-5-7(2)10(11)9(4)8(6)3/h1-5H2. The molecule has 0 N–H and O–H groups in total. The van der Waals surface area contributed by atoms with Crippen molar-refractivity contribution in [3.63, 3.8) is 0 Å². The van der Waals surface area contributed by atoms with Crippen LogP contribution in [0.1, 0.15) is 6.42 Å². The average molecular weight is 146 g/mol. The van der Waals surface area contributed by atoms with Crippen LogP contribution in [-0.4, -0.2) is 5.78 Å². The minimum atomic E-state index is -0.0811. The summed E-state index contributed by atoms with van der Waals surface area (Å²) in [5.41, 5.74) is 2.51. The molecule has 0 radical (unpaired) electrons. The van der Waals surface area contributed by atoms with Crippen molar-refractivity contribution in [3.8, 4) is 0 Å². The van der Waals surface area contributed by atoms with Gasteiger partial charge in [-0.1, -0.05) is 26.3 Å². The number of carbonyl (C=O) groups excluding carboxylic acids is 1. The number of Topliss-reactive ketones (excluding diaryl/α,β-unsaturated/α-hetero) is 1. The second kappa shape index (κ2) is 2.35. The normalized spacial score (nSPS) is 19.5. The van der Waals surface area contributed by atoms with Gasteiger partial charge in [-0.25, -0.2) is 0 Å². The topological polar surface area (TPSA) is 17.1 Å². The Bertz CT molecular complexity index is 264. The summed E-state index contributed by atoms with van der Waals surface area (Å²) in [4.78, 5) is 11.2. The summed E-state index contributed by atoms with van der Waals surface area (Å²) in [7, 11) is 0. The predicted octanol–water partition coefficient (Wildman–Crippen LogP) is 2.18. The molecule has 1 aliphatic carbocycles. The van der Waals surface area contributed by atoms with Crippen molar-refractivity contribution in [1.82, 2.24) is 0 Å². The molecule has 0 aromatic rings. The van der Waals surface area contributed by atoms with E-state index in [0.29, 0.717) is 23.1 Å². The van der Waals surface area contributed by atoms with Crippen molar-refractivity contribution in [1.29, 1.82) is 0 Å². The van der Waals surface area contributed by atoms with E-state index < -0.39 is 0 Å². The first-order valence-electron chi connectivity index (χ1n) is 3.33. The largest absolute Gasteiger partial charge is 0.289 e. The zero-order valence-corrected chi connectivity index (χ0v) is 6.44. The van der Waals surface area contributed by atoms with Crippen molar-refractivity contribution in [2.75, 3.05) is 0 Å². The molecule has 1 fully saturated rings. The third kappa shape index (κ3) is 1.09. The minimum absolute atomic E-state index is 0.0811. The van der Waals surface area contributed by atoms with Crippen LogP contribution in [0.2, 0.25) is 0 Å². The maximum atomic E-state index is 11.2. The molecule has 56 valence electrons. The van der Waals surface area contributed by atoms with Gasteiger partial charge in [-0.15, -0.1) is 0 Å². The second-order valence-corrected chi connectivity index (χ2v) is 2.67. The van der Waals surface area contributed by atoms with E-state index in [-0.39, 0.29) is 5.78 Å². The van der Waals surface area contributed by atoms with Gasteiger partial charge in [0, 0.05) is 12.0 Å². The van der Waals surface area contributed by atoms with Gasteiger partial charge in [-0.05, 0) is 16.7 Å². The van der Waals surface area contributed by atoms with Gasteiger partial charge in [0.2, 0.25) is 0 Å². The third-order valence-electron chi connectivity index (χ3n) is 1.81. The van der Waals surface area contributed by atoms with Crippen LogP contribution in [0.5, 0.6) is 0 Å². The molecule has 0 aromatic carbocycles. The molecule has 1 rings (SSSR count). The molecule has 0 saturated heterocycles. The first-order valence-corrected chi connectivity index (χ1v) is 3.33. The fourth-order valence-corrected chi connectivity index (χ4v) is 1.01. The third-order valence-corrected chi connectivity index (χ3v) is 1.81. The fraction of sp³-hybridized carbons (Fsp3) is 0.100. The fourth-order valence-electron chi connectivity index (χ4n) is 1.01. The molecule has 1 heteroatoms. The van der Waals surface area contributed by atoms with Gasteiger partial charge in [0.05, 0.1) is 0 Å². The van der Waals surface area contributed by atoms with Crippen molar-refractivity contribution in [3.05, 3.63) is 48.6 Å². The zero-order chi connectivity index (χ0) is 8.59. The lowest BCUT2D eigenvalue weighted by atomic mass is 9.84. The van der Waals surface area contributed by atoms with E-state index in [1.165, 1.54) is 0 Å². The van der Waals surface area contributed by atoms with E-state index in [0.717, 1.165) is 5.57 Å². The summed E-state index contributed by atoms with van der Waals surface area (Å²) in [5, 5.41) is 0. The van der Waals surface area contributed by atoms with E-state index in [9.17, 15) is 4.79 Å². The summed E-state index contributed by atoms with van der Waals surface area (Å²) >= 11 is 0. The Morgan fingerprint density at radius 3 is 2.00 bits per heavy atom. The Balaban J connectivity index is 3.06. The number of ketones is 1. The highest BCUT2D eigenvalue weighted by Crippen LogP contribution is 2.29. The second-order valence-electron chi connectivity index (χ2n) is 2.67. The first kappa shape index (κ1) is 7.73. The highest BCUT2D eigenvalue weighted by Gasteiger charge is 2.22. The van der Waals surface area contributed by atoms with Crippen molar-refractivity contribution >= 4 is 5.78 Å². The minimum Gasteiger partial charge on any atom is -0.289 e. The Morgan fingerprint density at radius 2 is 1.45 bits per heavy atom. The van der Waals surface area contributed by atoms with E-state index in [2.05, 4.69) is 26.3 Å². The lowest BCUT2D eigenvalue weighted by Gasteiger charge is -2.18. The van der Waals surface area contributed by atoms with Gasteiger partial charge < -0.3 is 0 Å². The SMILES string of the molecule is C=C1CC(=C)C(=O)C(=C)C1=C. The van der Waals surface area contributed by atoms with Crippen LogP contribution in [0.25, 0.3) is 0 Å². The maximum Gasteiger partial charge on any atom is 0.188 e. The summed E-state index contributed by atoms with van der Waals surface area (Å²) in [5.74, 6) is -0.0811. The van der Waals surface area contributed by atoms with Gasteiger partial charge in [-0.3, -0.25) is 4.79 Å². The van der Waals surface area contributed by atoms with Crippen LogP contribution in [0.15, 0.2) is 48.6 Å². The molecule has 0 aromatic heterocycles. The van der Waals surface area contributed by atoms with Crippen LogP contribution in [0, 0.1) is 0 Å². The molecular weight excluding hydrogens is 136 g/mol.